The molecule has 0 aliphatic carbocycles. The molecule has 0 radical (unpaired) electrons. The van der Waals surface area contributed by atoms with E-state index in [0.29, 0.717) is 0 Å². The van der Waals surface area contributed by atoms with E-state index in [-0.39, 0.29) is 5.54 Å². The average molecular weight is 313 g/mol. The number of aromatic nitrogens is 1. The van der Waals surface area contributed by atoms with Crippen LogP contribution >= 0.6 is 11.3 Å². The summed E-state index contributed by atoms with van der Waals surface area (Å²) in [5, 5.41) is 4.89. The van der Waals surface area contributed by atoms with Crippen LogP contribution < -0.4 is 5.32 Å². The molecule has 0 fully saturated rings. The zero-order valence-electron chi connectivity index (χ0n) is 14.4. The Morgan fingerprint density at radius 1 is 1.19 bits per heavy atom. The summed E-state index contributed by atoms with van der Waals surface area (Å²) in [5.74, 6) is 0. The molecule has 122 valence electrons. The molecular weight excluding hydrogens is 280 g/mol. The number of hydrogen-bond donors (Lipinski definition) is 1. The monoisotopic (exact) mass is 312 g/mol. The number of rotatable bonds is 11. The van der Waals surface area contributed by atoms with E-state index in [1.807, 2.05) is 11.3 Å². The molecule has 0 aliphatic heterocycles. The van der Waals surface area contributed by atoms with E-state index in [4.69, 9.17) is 9.72 Å². The fourth-order valence-electron chi connectivity index (χ4n) is 2.49. The number of thiazole rings is 1. The summed E-state index contributed by atoms with van der Waals surface area (Å²) in [6, 6.07) is 0. The first-order valence-electron chi connectivity index (χ1n) is 8.22. The summed E-state index contributed by atoms with van der Waals surface area (Å²) in [6.45, 7) is 10.4. The Hall–Kier alpha value is -0.450. The minimum atomic E-state index is -0.0194. The quantitative estimate of drug-likeness (QED) is 0.608. The van der Waals surface area contributed by atoms with Gasteiger partial charge >= 0.3 is 0 Å². The highest BCUT2D eigenvalue weighted by Crippen LogP contribution is 2.32. The normalized spacial score (nSPS) is 14.3. The standard InChI is InChI=1S/C17H32N2OS/c1-6-7-8-9-10-11-17(4,18-12-13-20-5)16-19-14(2)15(3)21-16/h18H,6-13H2,1-5H3. The van der Waals surface area contributed by atoms with Crippen molar-refractivity contribution in [3.8, 4) is 0 Å². The number of ether oxygens (including phenoxy) is 1. The zero-order chi connectivity index (χ0) is 15.7. The molecule has 4 heteroatoms. The Balaban J connectivity index is 2.65. The van der Waals surface area contributed by atoms with E-state index in [0.717, 1.165) is 19.6 Å². The topological polar surface area (TPSA) is 34.1 Å². The zero-order valence-corrected chi connectivity index (χ0v) is 15.2. The highest BCUT2D eigenvalue weighted by molar-refractivity contribution is 7.11. The number of hydrogen-bond acceptors (Lipinski definition) is 4. The maximum absolute atomic E-state index is 5.18. The van der Waals surface area contributed by atoms with Crippen molar-refractivity contribution in [2.24, 2.45) is 0 Å². The van der Waals surface area contributed by atoms with Crippen molar-refractivity contribution in [1.29, 1.82) is 0 Å². The number of methoxy groups -OCH3 is 1. The summed E-state index contributed by atoms with van der Waals surface area (Å²) in [4.78, 5) is 6.12. The summed E-state index contributed by atoms with van der Waals surface area (Å²) in [5.41, 5.74) is 1.15. The second-order valence-electron chi connectivity index (χ2n) is 6.08. The molecule has 0 bridgehead atoms. The molecule has 21 heavy (non-hydrogen) atoms. The second-order valence-corrected chi connectivity index (χ2v) is 7.28. The molecular formula is C17H32N2OS. The minimum Gasteiger partial charge on any atom is -0.383 e. The third-order valence-corrected chi connectivity index (χ3v) is 5.44. The Morgan fingerprint density at radius 3 is 2.48 bits per heavy atom. The second kappa shape index (κ2) is 9.54. The highest BCUT2D eigenvalue weighted by atomic mass is 32.1. The lowest BCUT2D eigenvalue weighted by molar-refractivity contribution is 0.183. The molecule has 1 aromatic rings. The summed E-state index contributed by atoms with van der Waals surface area (Å²) in [7, 11) is 1.75. The van der Waals surface area contributed by atoms with Crippen LogP contribution in [0.4, 0.5) is 0 Å². The lowest BCUT2D eigenvalue weighted by atomic mass is 9.94. The van der Waals surface area contributed by atoms with Crippen molar-refractivity contribution in [2.45, 2.75) is 71.8 Å². The van der Waals surface area contributed by atoms with Gasteiger partial charge in [0, 0.05) is 18.5 Å². The van der Waals surface area contributed by atoms with E-state index < -0.39 is 0 Å². The van der Waals surface area contributed by atoms with Gasteiger partial charge in [-0.3, -0.25) is 0 Å². The molecule has 1 rings (SSSR count). The summed E-state index contributed by atoms with van der Waals surface area (Å²) in [6.07, 6.45) is 7.72. The number of nitrogens with one attached hydrogen (secondary N) is 1. The lowest BCUT2D eigenvalue weighted by Crippen LogP contribution is -2.41. The van der Waals surface area contributed by atoms with E-state index in [2.05, 4.69) is 33.0 Å². The van der Waals surface area contributed by atoms with Gasteiger partial charge in [-0.25, -0.2) is 4.98 Å². The molecule has 1 aromatic heterocycles. The molecule has 0 aromatic carbocycles. The molecule has 1 unspecified atom stereocenters. The molecule has 0 saturated carbocycles. The third kappa shape index (κ3) is 6.05. The fraction of sp³-hybridized carbons (Fsp3) is 0.824. The molecule has 0 amide bonds. The van der Waals surface area contributed by atoms with Crippen molar-refractivity contribution < 1.29 is 4.74 Å². The van der Waals surface area contributed by atoms with Crippen molar-refractivity contribution in [3.05, 3.63) is 15.6 Å². The smallest absolute Gasteiger partial charge is 0.113 e. The van der Waals surface area contributed by atoms with Gasteiger partial charge in [-0.15, -0.1) is 11.3 Å². The molecule has 3 nitrogen and oxygen atoms in total. The van der Waals surface area contributed by atoms with Crippen LogP contribution in [0.1, 0.15) is 68.0 Å². The SMILES string of the molecule is CCCCCCCC(C)(NCCOC)c1nc(C)c(C)s1. The Bertz CT molecular complexity index is 386. The van der Waals surface area contributed by atoms with Gasteiger partial charge in [-0.05, 0) is 27.2 Å². The third-order valence-electron chi connectivity index (χ3n) is 4.10. The van der Waals surface area contributed by atoms with E-state index in [1.165, 1.54) is 47.7 Å². The van der Waals surface area contributed by atoms with Crippen LogP contribution in [0.3, 0.4) is 0 Å². The Labute approximate surface area is 134 Å². The highest BCUT2D eigenvalue weighted by Gasteiger charge is 2.29. The van der Waals surface area contributed by atoms with Gasteiger partial charge in [0.05, 0.1) is 17.8 Å². The van der Waals surface area contributed by atoms with Crippen molar-refractivity contribution >= 4 is 11.3 Å². The van der Waals surface area contributed by atoms with Crippen LogP contribution in [0.15, 0.2) is 0 Å². The number of unbranched alkanes of at least 4 members (excludes halogenated alkanes) is 4. The minimum absolute atomic E-state index is 0.0194. The van der Waals surface area contributed by atoms with Crippen LogP contribution in [0.5, 0.6) is 0 Å². The van der Waals surface area contributed by atoms with Gasteiger partial charge in [0.25, 0.3) is 0 Å². The van der Waals surface area contributed by atoms with Crippen LogP contribution in [0.2, 0.25) is 0 Å². The first-order valence-corrected chi connectivity index (χ1v) is 9.03. The summed E-state index contributed by atoms with van der Waals surface area (Å²) < 4.78 is 5.18. The fourth-order valence-corrected chi connectivity index (χ4v) is 3.56. The predicted molar refractivity (Wildman–Crippen MR) is 92.2 cm³/mol. The van der Waals surface area contributed by atoms with Crippen molar-refractivity contribution in [1.82, 2.24) is 10.3 Å². The average Bonchev–Trinajstić information content (AvgIpc) is 2.79. The van der Waals surface area contributed by atoms with Gasteiger partial charge in [-0.2, -0.15) is 0 Å². The molecule has 1 heterocycles. The van der Waals surface area contributed by atoms with E-state index in [9.17, 15) is 0 Å². The van der Waals surface area contributed by atoms with E-state index >= 15 is 0 Å². The predicted octanol–water partition coefficient (Wildman–Crippen LogP) is 4.57. The van der Waals surface area contributed by atoms with Gasteiger partial charge in [0.15, 0.2) is 0 Å². The molecule has 1 atom stereocenters. The lowest BCUT2D eigenvalue weighted by Gasteiger charge is -2.29. The van der Waals surface area contributed by atoms with Crippen LogP contribution in [-0.2, 0) is 10.3 Å². The van der Waals surface area contributed by atoms with Crippen molar-refractivity contribution in [2.75, 3.05) is 20.3 Å². The molecule has 0 aliphatic rings. The molecule has 1 N–H and O–H groups in total. The van der Waals surface area contributed by atoms with Crippen molar-refractivity contribution in [3.63, 3.8) is 0 Å². The molecule has 0 saturated heterocycles. The van der Waals surface area contributed by atoms with Gasteiger partial charge in [0.1, 0.15) is 5.01 Å². The number of aryl methyl sites for hydroxylation is 2. The molecule has 0 spiro atoms. The van der Waals surface area contributed by atoms with Gasteiger partial charge in [0.2, 0.25) is 0 Å². The first-order chi connectivity index (χ1) is 10.0. The van der Waals surface area contributed by atoms with Crippen LogP contribution in [-0.4, -0.2) is 25.2 Å². The van der Waals surface area contributed by atoms with Gasteiger partial charge < -0.3 is 10.1 Å². The van der Waals surface area contributed by atoms with Crippen LogP contribution in [0.25, 0.3) is 0 Å². The Morgan fingerprint density at radius 2 is 1.90 bits per heavy atom. The first kappa shape index (κ1) is 18.6. The number of nitrogens with zero attached hydrogens (tertiary/aromatic N) is 1. The maximum atomic E-state index is 5.18. The largest absolute Gasteiger partial charge is 0.383 e. The van der Waals surface area contributed by atoms with E-state index in [1.54, 1.807) is 7.11 Å². The maximum Gasteiger partial charge on any atom is 0.113 e. The van der Waals surface area contributed by atoms with Crippen LogP contribution in [0, 0.1) is 13.8 Å². The summed E-state index contributed by atoms with van der Waals surface area (Å²) >= 11 is 1.83. The van der Waals surface area contributed by atoms with Gasteiger partial charge in [-0.1, -0.05) is 39.0 Å². The Kier molecular flexibility index (Phi) is 8.45.